The molecule has 0 spiro atoms. The first-order chi connectivity index (χ1) is 7.59. The Morgan fingerprint density at radius 1 is 1.31 bits per heavy atom. The number of phenolic OH excluding ortho intramolecular Hbond substituents is 1. The summed E-state index contributed by atoms with van der Waals surface area (Å²) in [5.74, 6) is 0.828. The molecule has 2 rings (SSSR count). The lowest BCUT2D eigenvalue weighted by molar-refractivity contribution is 0.0527. The lowest BCUT2D eigenvalue weighted by Gasteiger charge is -2.34. The second-order valence-corrected chi connectivity index (χ2v) is 4.77. The highest BCUT2D eigenvalue weighted by Gasteiger charge is 2.29. The highest BCUT2D eigenvalue weighted by Crippen LogP contribution is 2.33. The summed E-state index contributed by atoms with van der Waals surface area (Å²) in [4.78, 5) is 0. The first kappa shape index (κ1) is 11.3. The van der Waals surface area contributed by atoms with Crippen LogP contribution in [0.1, 0.15) is 25.3 Å². The molecule has 1 fully saturated rings. The van der Waals surface area contributed by atoms with Gasteiger partial charge in [-0.2, -0.15) is 0 Å². The fourth-order valence-corrected chi connectivity index (χ4v) is 2.03. The van der Waals surface area contributed by atoms with Gasteiger partial charge in [-0.15, -0.1) is 0 Å². The molecule has 0 aromatic heterocycles. The molecule has 0 amide bonds. The standard InChI is InChI=1S/C13H19NO2/c1-10-3-4-11(15)12(9-10)16-13(2)5-7-14-8-6-13/h3-4,9,14-15H,5-8H2,1-2H3. The molecule has 1 aliphatic rings. The summed E-state index contributed by atoms with van der Waals surface area (Å²) in [5, 5.41) is 13.0. The normalized spacial score (nSPS) is 19.4. The van der Waals surface area contributed by atoms with E-state index in [9.17, 15) is 5.11 Å². The van der Waals surface area contributed by atoms with E-state index in [4.69, 9.17) is 4.74 Å². The number of ether oxygens (including phenoxy) is 1. The van der Waals surface area contributed by atoms with E-state index in [1.54, 1.807) is 6.07 Å². The molecule has 0 radical (unpaired) electrons. The van der Waals surface area contributed by atoms with Crippen molar-refractivity contribution >= 4 is 0 Å². The number of aromatic hydroxyl groups is 1. The molecule has 1 aromatic carbocycles. The van der Waals surface area contributed by atoms with Crippen molar-refractivity contribution in [2.75, 3.05) is 13.1 Å². The Labute approximate surface area is 96.4 Å². The van der Waals surface area contributed by atoms with Crippen molar-refractivity contribution in [1.29, 1.82) is 0 Å². The number of hydrogen-bond donors (Lipinski definition) is 2. The maximum Gasteiger partial charge on any atom is 0.162 e. The van der Waals surface area contributed by atoms with Crippen LogP contribution in [0.4, 0.5) is 0 Å². The largest absolute Gasteiger partial charge is 0.504 e. The van der Waals surface area contributed by atoms with Crippen LogP contribution in [-0.4, -0.2) is 23.8 Å². The van der Waals surface area contributed by atoms with Crippen molar-refractivity contribution in [1.82, 2.24) is 5.32 Å². The van der Waals surface area contributed by atoms with E-state index in [0.29, 0.717) is 5.75 Å². The van der Waals surface area contributed by atoms with Gasteiger partial charge in [0.05, 0.1) is 0 Å². The quantitative estimate of drug-likeness (QED) is 0.804. The van der Waals surface area contributed by atoms with Gasteiger partial charge in [0.2, 0.25) is 0 Å². The van der Waals surface area contributed by atoms with E-state index in [1.165, 1.54) is 0 Å². The van der Waals surface area contributed by atoms with E-state index in [2.05, 4.69) is 12.2 Å². The first-order valence-corrected chi connectivity index (χ1v) is 5.78. The molecule has 1 aliphatic heterocycles. The SMILES string of the molecule is Cc1ccc(O)c(OC2(C)CCNCC2)c1. The van der Waals surface area contributed by atoms with E-state index in [0.717, 1.165) is 31.5 Å². The van der Waals surface area contributed by atoms with Crippen molar-refractivity contribution in [3.8, 4) is 11.5 Å². The average molecular weight is 221 g/mol. The van der Waals surface area contributed by atoms with Gasteiger partial charge in [-0.1, -0.05) is 6.07 Å². The third-order valence-corrected chi connectivity index (χ3v) is 3.13. The summed E-state index contributed by atoms with van der Waals surface area (Å²) in [6.07, 6.45) is 1.95. The summed E-state index contributed by atoms with van der Waals surface area (Å²) in [7, 11) is 0. The van der Waals surface area contributed by atoms with Crippen LogP contribution in [0.5, 0.6) is 11.5 Å². The van der Waals surface area contributed by atoms with Gasteiger partial charge < -0.3 is 15.2 Å². The van der Waals surface area contributed by atoms with Gasteiger partial charge in [0.1, 0.15) is 5.60 Å². The molecule has 0 atom stereocenters. The molecule has 0 aliphatic carbocycles. The summed E-state index contributed by atoms with van der Waals surface area (Å²) < 4.78 is 5.96. The number of rotatable bonds is 2. The fourth-order valence-electron chi connectivity index (χ4n) is 2.03. The number of nitrogens with one attached hydrogen (secondary N) is 1. The zero-order valence-corrected chi connectivity index (χ0v) is 9.92. The van der Waals surface area contributed by atoms with Gasteiger partial charge in [-0.3, -0.25) is 0 Å². The molecule has 0 unspecified atom stereocenters. The van der Waals surface area contributed by atoms with Gasteiger partial charge in [-0.25, -0.2) is 0 Å². The van der Waals surface area contributed by atoms with Crippen molar-refractivity contribution in [2.24, 2.45) is 0 Å². The highest BCUT2D eigenvalue weighted by molar-refractivity contribution is 5.41. The van der Waals surface area contributed by atoms with E-state index in [1.807, 2.05) is 19.1 Å². The van der Waals surface area contributed by atoms with Crippen LogP contribution in [0, 0.1) is 6.92 Å². The van der Waals surface area contributed by atoms with Gasteiger partial charge >= 0.3 is 0 Å². The number of benzene rings is 1. The smallest absolute Gasteiger partial charge is 0.162 e. The maximum absolute atomic E-state index is 9.74. The first-order valence-electron chi connectivity index (χ1n) is 5.78. The molecule has 2 N–H and O–H groups in total. The summed E-state index contributed by atoms with van der Waals surface area (Å²) in [5.41, 5.74) is 0.946. The molecule has 3 nitrogen and oxygen atoms in total. The topological polar surface area (TPSA) is 41.5 Å². The third-order valence-electron chi connectivity index (χ3n) is 3.13. The molecule has 88 valence electrons. The molecule has 0 saturated carbocycles. The molecule has 1 saturated heterocycles. The molecular formula is C13H19NO2. The minimum absolute atomic E-state index is 0.156. The average Bonchev–Trinajstić information content (AvgIpc) is 2.24. The Balaban J connectivity index is 2.15. The van der Waals surface area contributed by atoms with Gasteiger partial charge in [0.15, 0.2) is 11.5 Å². The fraction of sp³-hybridized carbons (Fsp3) is 0.538. The molecular weight excluding hydrogens is 202 g/mol. The molecule has 1 aromatic rings. The Hall–Kier alpha value is -1.22. The van der Waals surface area contributed by atoms with Crippen LogP contribution in [0.15, 0.2) is 18.2 Å². The Bertz CT molecular complexity index is 370. The van der Waals surface area contributed by atoms with Crippen LogP contribution in [0.2, 0.25) is 0 Å². The lowest BCUT2D eigenvalue weighted by Crippen LogP contribution is -2.43. The van der Waals surface area contributed by atoms with Crippen LogP contribution in [0.25, 0.3) is 0 Å². The third kappa shape index (κ3) is 2.47. The minimum atomic E-state index is -0.156. The number of phenols is 1. The predicted molar refractivity (Wildman–Crippen MR) is 64.0 cm³/mol. The zero-order chi connectivity index (χ0) is 11.6. The van der Waals surface area contributed by atoms with Gasteiger partial charge in [-0.05, 0) is 57.5 Å². The van der Waals surface area contributed by atoms with Crippen LogP contribution in [0.3, 0.4) is 0 Å². The van der Waals surface area contributed by atoms with E-state index in [-0.39, 0.29) is 11.4 Å². The Kier molecular flexibility index (Phi) is 3.06. The van der Waals surface area contributed by atoms with Gasteiger partial charge in [0, 0.05) is 0 Å². The summed E-state index contributed by atoms with van der Waals surface area (Å²) in [6, 6.07) is 5.46. The second kappa shape index (κ2) is 4.34. The maximum atomic E-state index is 9.74. The molecule has 0 bridgehead atoms. The predicted octanol–water partition coefficient (Wildman–Crippen LogP) is 2.22. The summed E-state index contributed by atoms with van der Waals surface area (Å²) >= 11 is 0. The number of aryl methyl sites for hydroxylation is 1. The number of piperidine rings is 1. The molecule has 1 heterocycles. The zero-order valence-electron chi connectivity index (χ0n) is 9.92. The minimum Gasteiger partial charge on any atom is -0.504 e. The highest BCUT2D eigenvalue weighted by atomic mass is 16.5. The van der Waals surface area contributed by atoms with E-state index < -0.39 is 0 Å². The van der Waals surface area contributed by atoms with Crippen molar-refractivity contribution in [2.45, 2.75) is 32.3 Å². The van der Waals surface area contributed by atoms with Crippen LogP contribution in [-0.2, 0) is 0 Å². The molecule has 3 heteroatoms. The Morgan fingerprint density at radius 3 is 2.69 bits per heavy atom. The second-order valence-electron chi connectivity index (χ2n) is 4.77. The Morgan fingerprint density at radius 2 is 2.00 bits per heavy atom. The van der Waals surface area contributed by atoms with Crippen LogP contribution < -0.4 is 10.1 Å². The summed E-state index contributed by atoms with van der Waals surface area (Å²) in [6.45, 7) is 6.05. The van der Waals surface area contributed by atoms with E-state index >= 15 is 0 Å². The van der Waals surface area contributed by atoms with Crippen molar-refractivity contribution in [3.63, 3.8) is 0 Å². The van der Waals surface area contributed by atoms with Crippen LogP contribution >= 0.6 is 0 Å². The molecule has 16 heavy (non-hydrogen) atoms. The van der Waals surface area contributed by atoms with Crippen molar-refractivity contribution < 1.29 is 9.84 Å². The lowest BCUT2D eigenvalue weighted by atomic mass is 9.94. The van der Waals surface area contributed by atoms with Gasteiger partial charge in [0.25, 0.3) is 0 Å². The monoisotopic (exact) mass is 221 g/mol. The number of hydrogen-bond acceptors (Lipinski definition) is 3. The van der Waals surface area contributed by atoms with Crippen molar-refractivity contribution in [3.05, 3.63) is 23.8 Å².